The lowest BCUT2D eigenvalue weighted by molar-refractivity contribution is -0.121. The van der Waals surface area contributed by atoms with Crippen molar-refractivity contribution in [2.24, 2.45) is 11.7 Å². The van der Waals surface area contributed by atoms with Crippen LogP contribution in [0.5, 0.6) is 0 Å². The molecule has 0 heterocycles. The second kappa shape index (κ2) is 6.17. The zero-order chi connectivity index (χ0) is 15.6. The van der Waals surface area contributed by atoms with Crippen molar-refractivity contribution in [1.82, 2.24) is 9.03 Å². The number of halogens is 3. The molecule has 1 aliphatic carbocycles. The monoisotopic (exact) mass is 317 g/mol. The van der Waals surface area contributed by atoms with Crippen molar-refractivity contribution in [2.75, 3.05) is 20.1 Å². The Morgan fingerprint density at radius 2 is 1.85 bits per heavy atom. The fourth-order valence-electron chi connectivity index (χ4n) is 2.47. The van der Waals surface area contributed by atoms with Gasteiger partial charge >= 0.3 is 6.18 Å². The van der Waals surface area contributed by atoms with E-state index in [2.05, 4.69) is 6.92 Å². The predicted octanol–water partition coefficient (Wildman–Crippen LogP) is 1.22. The molecule has 1 rings (SSSR count). The van der Waals surface area contributed by atoms with Crippen LogP contribution in [-0.2, 0) is 10.2 Å². The van der Waals surface area contributed by atoms with Gasteiger partial charge in [0.2, 0.25) is 0 Å². The van der Waals surface area contributed by atoms with Gasteiger partial charge in [-0.15, -0.1) is 0 Å². The second-order valence-electron chi connectivity index (χ2n) is 5.52. The first-order chi connectivity index (χ1) is 9.02. The molecule has 0 saturated heterocycles. The Labute approximate surface area is 117 Å². The topological polar surface area (TPSA) is 75.4 Å². The van der Waals surface area contributed by atoms with Crippen LogP contribution in [0.1, 0.15) is 32.6 Å². The smallest absolute Gasteiger partial charge is 0.329 e. The average molecular weight is 317 g/mol. The molecule has 5 nitrogen and oxygen atoms in total. The van der Waals surface area contributed by atoms with E-state index in [1.54, 1.807) is 4.72 Å². The maximum absolute atomic E-state index is 12.2. The van der Waals surface area contributed by atoms with Crippen LogP contribution in [0.4, 0.5) is 13.2 Å². The van der Waals surface area contributed by atoms with Gasteiger partial charge in [-0.05, 0) is 31.6 Å². The molecule has 1 fully saturated rings. The van der Waals surface area contributed by atoms with Gasteiger partial charge in [-0.2, -0.15) is 30.6 Å². The van der Waals surface area contributed by atoms with Gasteiger partial charge in [-0.25, -0.2) is 0 Å². The van der Waals surface area contributed by atoms with E-state index < -0.39 is 28.5 Å². The van der Waals surface area contributed by atoms with E-state index in [9.17, 15) is 21.6 Å². The van der Waals surface area contributed by atoms with Crippen molar-refractivity contribution >= 4 is 10.2 Å². The molecule has 0 aromatic carbocycles. The summed E-state index contributed by atoms with van der Waals surface area (Å²) in [7, 11) is -2.90. The lowest BCUT2D eigenvalue weighted by Crippen LogP contribution is -2.59. The van der Waals surface area contributed by atoms with E-state index in [-0.39, 0.29) is 6.54 Å². The Hall–Kier alpha value is -0.380. The number of nitrogens with zero attached hydrogens (tertiary/aromatic N) is 1. The van der Waals surface area contributed by atoms with Crippen molar-refractivity contribution in [3.63, 3.8) is 0 Å². The summed E-state index contributed by atoms with van der Waals surface area (Å²) < 4.78 is 63.0. The fraction of sp³-hybridized carbons (Fsp3) is 1.00. The van der Waals surface area contributed by atoms with E-state index in [1.165, 1.54) is 7.05 Å². The highest BCUT2D eigenvalue weighted by molar-refractivity contribution is 7.87. The highest BCUT2D eigenvalue weighted by Crippen LogP contribution is 2.36. The summed E-state index contributed by atoms with van der Waals surface area (Å²) in [6, 6.07) is 0. The summed E-state index contributed by atoms with van der Waals surface area (Å²) in [5, 5.41) is 0. The van der Waals surface area contributed by atoms with Crippen LogP contribution in [0.2, 0.25) is 0 Å². The van der Waals surface area contributed by atoms with Crippen LogP contribution in [0.3, 0.4) is 0 Å². The maximum atomic E-state index is 12.2. The fourth-order valence-corrected chi connectivity index (χ4v) is 3.78. The van der Waals surface area contributed by atoms with Crippen LogP contribution >= 0.6 is 0 Å². The first kappa shape index (κ1) is 17.7. The number of rotatable bonds is 5. The normalized spacial score (nSPS) is 28.9. The van der Waals surface area contributed by atoms with Gasteiger partial charge in [0.25, 0.3) is 10.2 Å². The first-order valence-electron chi connectivity index (χ1n) is 6.53. The Kier molecular flexibility index (Phi) is 5.45. The highest BCUT2D eigenvalue weighted by atomic mass is 32.2. The molecule has 0 aromatic rings. The van der Waals surface area contributed by atoms with Gasteiger partial charge in [-0.3, -0.25) is 0 Å². The molecular formula is C11H22F3N3O2S. The van der Waals surface area contributed by atoms with E-state index in [1.807, 2.05) is 0 Å². The SMILES string of the molecule is CC1CCC(CN)(N(C)S(=O)(=O)NCC(F)(F)F)CC1. The third-order valence-electron chi connectivity index (χ3n) is 4.07. The Bertz CT molecular complexity index is 417. The number of hydrogen-bond donors (Lipinski definition) is 2. The van der Waals surface area contributed by atoms with Gasteiger partial charge < -0.3 is 5.73 Å². The largest absolute Gasteiger partial charge is 0.402 e. The summed E-state index contributed by atoms with van der Waals surface area (Å²) in [5.41, 5.74) is 4.92. The molecular weight excluding hydrogens is 295 g/mol. The molecule has 1 saturated carbocycles. The number of nitrogens with two attached hydrogens (primary N) is 1. The number of hydrogen-bond acceptors (Lipinski definition) is 3. The molecule has 0 aromatic heterocycles. The average Bonchev–Trinajstić information content (AvgIpc) is 2.36. The third-order valence-corrected chi connectivity index (χ3v) is 5.69. The second-order valence-corrected chi connectivity index (χ2v) is 7.31. The van der Waals surface area contributed by atoms with Crippen LogP contribution in [0, 0.1) is 5.92 Å². The van der Waals surface area contributed by atoms with Gasteiger partial charge in [0.15, 0.2) is 0 Å². The Balaban J connectivity index is 2.82. The minimum absolute atomic E-state index is 0.100. The molecule has 120 valence electrons. The molecule has 20 heavy (non-hydrogen) atoms. The van der Waals surface area contributed by atoms with Crippen molar-refractivity contribution < 1.29 is 21.6 Å². The Morgan fingerprint density at radius 3 is 2.25 bits per heavy atom. The van der Waals surface area contributed by atoms with Gasteiger partial charge in [-0.1, -0.05) is 6.92 Å². The lowest BCUT2D eigenvalue weighted by atomic mass is 9.77. The quantitative estimate of drug-likeness (QED) is 0.800. The highest BCUT2D eigenvalue weighted by Gasteiger charge is 2.43. The Morgan fingerprint density at radius 1 is 1.35 bits per heavy atom. The van der Waals surface area contributed by atoms with Crippen molar-refractivity contribution in [3.8, 4) is 0 Å². The molecule has 0 bridgehead atoms. The number of likely N-dealkylation sites (N-methyl/N-ethyl adjacent to an activating group) is 1. The molecule has 0 radical (unpaired) electrons. The summed E-state index contributed by atoms with van der Waals surface area (Å²) in [5.74, 6) is 0.480. The van der Waals surface area contributed by atoms with Gasteiger partial charge in [0.05, 0.1) is 0 Å². The zero-order valence-corrected chi connectivity index (χ0v) is 12.5. The summed E-state index contributed by atoms with van der Waals surface area (Å²) in [4.78, 5) is 0. The molecule has 0 unspecified atom stereocenters. The van der Waals surface area contributed by atoms with Crippen LogP contribution < -0.4 is 10.5 Å². The van der Waals surface area contributed by atoms with E-state index >= 15 is 0 Å². The summed E-state index contributed by atoms with van der Waals surface area (Å²) >= 11 is 0. The first-order valence-corrected chi connectivity index (χ1v) is 7.97. The zero-order valence-electron chi connectivity index (χ0n) is 11.7. The molecule has 0 aliphatic heterocycles. The molecule has 0 spiro atoms. The molecule has 9 heteroatoms. The van der Waals surface area contributed by atoms with E-state index in [0.717, 1.165) is 17.1 Å². The molecule has 0 atom stereocenters. The van der Waals surface area contributed by atoms with E-state index in [4.69, 9.17) is 5.73 Å². The number of alkyl halides is 3. The summed E-state index contributed by atoms with van der Waals surface area (Å²) in [6.45, 7) is 0.594. The summed E-state index contributed by atoms with van der Waals surface area (Å²) in [6.07, 6.45) is -1.82. The van der Waals surface area contributed by atoms with Gasteiger partial charge in [0, 0.05) is 19.1 Å². The predicted molar refractivity (Wildman–Crippen MR) is 70.2 cm³/mol. The van der Waals surface area contributed by atoms with E-state index in [0.29, 0.717) is 18.8 Å². The molecule has 3 N–H and O–H groups in total. The maximum Gasteiger partial charge on any atom is 0.402 e. The van der Waals surface area contributed by atoms with Crippen molar-refractivity contribution in [2.45, 2.75) is 44.3 Å². The number of nitrogens with one attached hydrogen (secondary N) is 1. The van der Waals surface area contributed by atoms with Crippen LogP contribution in [-0.4, -0.2) is 44.6 Å². The lowest BCUT2D eigenvalue weighted by Gasteiger charge is -2.44. The molecule has 1 aliphatic rings. The molecule has 0 amide bonds. The standard InChI is InChI=1S/C11H22F3N3O2S/c1-9-3-5-10(7-15,6-4-9)17(2)20(18,19)16-8-11(12,13)14/h9,16H,3-8,15H2,1-2H3. The van der Waals surface area contributed by atoms with Crippen molar-refractivity contribution in [1.29, 1.82) is 0 Å². The third kappa shape index (κ3) is 4.31. The van der Waals surface area contributed by atoms with Crippen LogP contribution in [0.15, 0.2) is 0 Å². The van der Waals surface area contributed by atoms with Crippen molar-refractivity contribution in [3.05, 3.63) is 0 Å². The van der Waals surface area contributed by atoms with Crippen LogP contribution in [0.25, 0.3) is 0 Å². The minimum atomic E-state index is -4.58. The van der Waals surface area contributed by atoms with Gasteiger partial charge in [0.1, 0.15) is 6.54 Å². The minimum Gasteiger partial charge on any atom is -0.329 e.